The van der Waals surface area contributed by atoms with Crippen LogP contribution < -0.4 is 15.4 Å². The van der Waals surface area contributed by atoms with E-state index in [-0.39, 0.29) is 29.9 Å². The Bertz CT molecular complexity index is 897. The number of halogens is 4. The average Bonchev–Trinajstić information content (AvgIpc) is 2.73. The molecule has 0 aliphatic carbocycles. The van der Waals surface area contributed by atoms with Gasteiger partial charge >= 0.3 is 6.18 Å². The van der Waals surface area contributed by atoms with Crippen molar-refractivity contribution in [2.24, 2.45) is 0 Å². The van der Waals surface area contributed by atoms with E-state index in [1.807, 2.05) is 6.07 Å². The number of amides is 1. The first-order valence-corrected chi connectivity index (χ1v) is 10.00. The van der Waals surface area contributed by atoms with Crippen LogP contribution >= 0.6 is 0 Å². The molecule has 1 amide bonds. The molecule has 0 radical (unpaired) electrons. The van der Waals surface area contributed by atoms with Crippen LogP contribution in [0.3, 0.4) is 0 Å². The number of hydrogen-bond acceptors (Lipinski definition) is 4. The Morgan fingerprint density at radius 3 is 2.55 bits per heavy atom. The highest BCUT2D eigenvalue weighted by atomic mass is 19.4. The van der Waals surface area contributed by atoms with Crippen molar-refractivity contribution in [3.63, 3.8) is 0 Å². The van der Waals surface area contributed by atoms with Crippen LogP contribution in [0.15, 0.2) is 42.5 Å². The first-order valence-electron chi connectivity index (χ1n) is 10.00. The second-order valence-corrected chi connectivity index (χ2v) is 7.52. The van der Waals surface area contributed by atoms with E-state index in [2.05, 4.69) is 15.5 Å². The molecule has 31 heavy (non-hydrogen) atoms. The molecule has 1 aliphatic heterocycles. The molecular formula is C22H25F4N3O2. The number of hydrogen-bond donors (Lipinski definition) is 2. The van der Waals surface area contributed by atoms with Crippen LogP contribution in [-0.2, 0) is 17.5 Å². The Hall–Kier alpha value is -2.81. The highest BCUT2D eigenvalue weighted by molar-refractivity contribution is 5.81. The van der Waals surface area contributed by atoms with E-state index in [4.69, 9.17) is 4.74 Å². The van der Waals surface area contributed by atoms with Gasteiger partial charge in [0.2, 0.25) is 5.91 Å². The van der Waals surface area contributed by atoms with Gasteiger partial charge in [-0.3, -0.25) is 9.69 Å². The Labute approximate surface area is 178 Å². The molecule has 1 fully saturated rings. The number of anilines is 1. The van der Waals surface area contributed by atoms with E-state index in [1.165, 1.54) is 25.3 Å². The molecule has 9 heteroatoms. The second kappa shape index (κ2) is 10.00. The van der Waals surface area contributed by atoms with Gasteiger partial charge in [0.25, 0.3) is 0 Å². The molecule has 0 aromatic heterocycles. The number of nitrogens with zero attached hydrogens (tertiary/aromatic N) is 1. The summed E-state index contributed by atoms with van der Waals surface area (Å²) in [5.74, 6) is -0.451. The average molecular weight is 439 g/mol. The molecule has 0 bridgehead atoms. The molecule has 0 unspecified atom stereocenters. The fourth-order valence-electron chi connectivity index (χ4n) is 3.57. The topological polar surface area (TPSA) is 53.6 Å². The molecule has 2 aromatic rings. The Balaban J connectivity index is 1.41. The van der Waals surface area contributed by atoms with Crippen LogP contribution in [0.2, 0.25) is 0 Å². The number of methoxy groups -OCH3 is 1. The first-order chi connectivity index (χ1) is 14.7. The molecule has 1 heterocycles. The van der Waals surface area contributed by atoms with Crippen LogP contribution in [0, 0.1) is 5.82 Å². The number of benzene rings is 2. The van der Waals surface area contributed by atoms with Crippen molar-refractivity contribution in [2.75, 3.05) is 32.1 Å². The van der Waals surface area contributed by atoms with Crippen molar-refractivity contribution in [3.8, 4) is 5.75 Å². The van der Waals surface area contributed by atoms with E-state index < -0.39 is 17.6 Å². The van der Waals surface area contributed by atoms with Crippen LogP contribution in [0.1, 0.15) is 24.0 Å². The highest BCUT2D eigenvalue weighted by Crippen LogP contribution is 2.30. The third-order valence-corrected chi connectivity index (χ3v) is 5.22. The highest BCUT2D eigenvalue weighted by Gasteiger charge is 2.30. The summed E-state index contributed by atoms with van der Waals surface area (Å²) in [6.45, 7) is 2.00. The van der Waals surface area contributed by atoms with Gasteiger partial charge in [0.1, 0.15) is 0 Å². The maximum Gasteiger partial charge on any atom is 0.416 e. The number of piperidine rings is 1. The summed E-state index contributed by atoms with van der Waals surface area (Å²) in [6, 6.07) is 9.65. The SMILES string of the molecule is COc1ccc(CN2CCC(NC(=O)CNc3cccc(C(F)(F)F)c3)CC2)cc1F. The lowest BCUT2D eigenvalue weighted by Crippen LogP contribution is -2.45. The van der Waals surface area contributed by atoms with Gasteiger partial charge in [-0.1, -0.05) is 12.1 Å². The van der Waals surface area contributed by atoms with Crippen LogP contribution in [0.25, 0.3) is 0 Å². The van der Waals surface area contributed by atoms with E-state index in [1.54, 1.807) is 6.07 Å². The van der Waals surface area contributed by atoms with Crippen molar-refractivity contribution in [1.82, 2.24) is 10.2 Å². The molecule has 1 saturated heterocycles. The van der Waals surface area contributed by atoms with Crippen LogP contribution in [-0.4, -0.2) is 43.6 Å². The van der Waals surface area contributed by atoms with Crippen LogP contribution in [0.4, 0.5) is 23.2 Å². The molecule has 1 aliphatic rings. The standard InChI is InChI=1S/C22H25F4N3O2/c1-31-20-6-5-15(11-19(20)23)14-29-9-7-17(8-10-29)28-21(30)13-27-18-4-2-3-16(12-18)22(24,25)26/h2-6,11-12,17,27H,7-10,13-14H2,1H3,(H,28,30). The number of alkyl halides is 3. The van der Waals surface area contributed by atoms with Gasteiger partial charge in [-0.25, -0.2) is 4.39 Å². The Morgan fingerprint density at radius 2 is 1.90 bits per heavy atom. The molecule has 5 nitrogen and oxygen atoms in total. The summed E-state index contributed by atoms with van der Waals surface area (Å²) in [5.41, 5.74) is 0.333. The van der Waals surface area contributed by atoms with Gasteiger partial charge in [-0.05, 0) is 48.7 Å². The zero-order chi connectivity index (χ0) is 22.4. The molecule has 0 atom stereocenters. The smallest absolute Gasteiger partial charge is 0.416 e. The minimum absolute atomic E-state index is 0.000312. The number of rotatable bonds is 7. The molecule has 168 valence electrons. The lowest BCUT2D eigenvalue weighted by Gasteiger charge is -2.32. The summed E-state index contributed by atoms with van der Waals surface area (Å²) in [4.78, 5) is 14.4. The van der Waals surface area contributed by atoms with Crippen LogP contribution in [0.5, 0.6) is 5.75 Å². The van der Waals surface area contributed by atoms with Crippen molar-refractivity contribution in [3.05, 3.63) is 59.4 Å². The zero-order valence-corrected chi connectivity index (χ0v) is 17.1. The van der Waals surface area contributed by atoms with E-state index in [0.717, 1.165) is 43.6 Å². The number of nitrogens with one attached hydrogen (secondary N) is 2. The van der Waals surface area contributed by atoms with Crippen molar-refractivity contribution >= 4 is 11.6 Å². The van der Waals surface area contributed by atoms with Crippen molar-refractivity contribution in [1.29, 1.82) is 0 Å². The summed E-state index contributed by atoms with van der Waals surface area (Å²) in [6.07, 6.45) is -2.94. The lowest BCUT2D eigenvalue weighted by atomic mass is 10.0. The molecule has 0 saturated carbocycles. The largest absolute Gasteiger partial charge is 0.494 e. The maximum absolute atomic E-state index is 13.8. The molecule has 3 rings (SSSR count). The molecule has 0 spiro atoms. The number of carbonyl (C=O) groups is 1. The van der Waals surface area contributed by atoms with E-state index in [0.29, 0.717) is 6.54 Å². The van der Waals surface area contributed by atoms with Gasteiger partial charge in [-0.15, -0.1) is 0 Å². The quantitative estimate of drug-likeness (QED) is 0.640. The fraction of sp³-hybridized carbons (Fsp3) is 0.409. The predicted molar refractivity (Wildman–Crippen MR) is 109 cm³/mol. The van der Waals surface area contributed by atoms with E-state index in [9.17, 15) is 22.4 Å². The zero-order valence-electron chi connectivity index (χ0n) is 17.1. The lowest BCUT2D eigenvalue weighted by molar-refractivity contribution is -0.137. The molecule has 2 aromatic carbocycles. The summed E-state index contributed by atoms with van der Waals surface area (Å²) in [5, 5.41) is 5.65. The number of ether oxygens (including phenoxy) is 1. The van der Waals surface area contributed by atoms with Gasteiger partial charge in [0.05, 0.1) is 19.2 Å². The number of carbonyl (C=O) groups excluding carboxylic acids is 1. The number of likely N-dealkylation sites (tertiary alicyclic amines) is 1. The van der Waals surface area contributed by atoms with Crippen molar-refractivity contribution < 1.29 is 27.1 Å². The summed E-state index contributed by atoms with van der Waals surface area (Å²) < 4.78 is 57.0. The monoisotopic (exact) mass is 439 g/mol. The van der Waals surface area contributed by atoms with Crippen molar-refractivity contribution in [2.45, 2.75) is 31.6 Å². The van der Waals surface area contributed by atoms with Gasteiger partial charge in [-0.2, -0.15) is 13.2 Å². The van der Waals surface area contributed by atoms with Gasteiger partial charge < -0.3 is 15.4 Å². The minimum atomic E-state index is -4.43. The Kier molecular flexibility index (Phi) is 7.37. The molecular weight excluding hydrogens is 414 g/mol. The molecule has 2 N–H and O–H groups in total. The summed E-state index contributed by atoms with van der Waals surface area (Å²) >= 11 is 0. The van der Waals surface area contributed by atoms with E-state index >= 15 is 0 Å². The normalized spacial score (nSPS) is 15.5. The fourth-order valence-corrected chi connectivity index (χ4v) is 3.57. The third kappa shape index (κ3) is 6.58. The first kappa shape index (κ1) is 22.9. The van der Waals surface area contributed by atoms with Gasteiger partial charge in [0, 0.05) is 31.4 Å². The second-order valence-electron chi connectivity index (χ2n) is 7.52. The minimum Gasteiger partial charge on any atom is -0.494 e. The predicted octanol–water partition coefficient (Wildman–Crippen LogP) is 4.05. The Morgan fingerprint density at radius 1 is 1.16 bits per heavy atom. The van der Waals surface area contributed by atoms with Gasteiger partial charge in [0.15, 0.2) is 11.6 Å². The summed E-state index contributed by atoms with van der Waals surface area (Å²) in [7, 11) is 1.42. The maximum atomic E-state index is 13.8. The third-order valence-electron chi connectivity index (χ3n) is 5.22.